The van der Waals surface area contributed by atoms with Gasteiger partial charge in [-0.3, -0.25) is 14.5 Å². The first-order valence-electron chi connectivity index (χ1n) is 16.6. The molecule has 6 N–H and O–H groups in total. The van der Waals surface area contributed by atoms with E-state index in [-0.39, 0.29) is 18.5 Å². The molecule has 1 aromatic carbocycles. The van der Waals surface area contributed by atoms with Crippen molar-refractivity contribution < 1.29 is 53.8 Å². The number of hydrogen-bond acceptors (Lipinski definition) is 14. The van der Waals surface area contributed by atoms with Crippen LogP contribution < -0.4 is 10.6 Å². The lowest BCUT2D eigenvalue weighted by molar-refractivity contribution is -0.231. The molecule has 3 amide bonds. The summed E-state index contributed by atoms with van der Waals surface area (Å²) in [7, 11) is 0. The predicted octanol–water partition coefficient (Wildman–Crippen LogP) is -0.277. The number of fused-ring (bicyclic) bond motifs is 1. The van der Waals surface area contributed by atoms with Gasteiger partial charge in [-0.15, -0.1) is 0 Å². The molecule has 1 spiro atoms. The van der Waals surface area contributed by atoms with Gasteiger partial charge in [0.2, 0.25) is 5.91 Å². The lowest BCUT2D eigenvalue weighted by Gasteiger charge is -2.49. The maximum atomic E-state index is 12.9. The van der Waals surface area contributed by atoms with Crippen molar-refractivity contribution in [2.24, 2.45) is 0 Å². The van der Waals surface area contributed by atoms with Crippen LogP contribution in [0, 0.1) is 0 Å². The van der Waals surface area contributed by atoms with E-state index in [4.69, 9.17) is 14.2 Å². The molecule has 0 radical (unpaired) electrons. The highest BCUT2D eigenvalue weighted by atomic mass is 32.1. The van der Waals surface area contributed by atoms with E-state index in [0.717, 1.165) is 11.7 Å². The molecule has 7 atom stereocenters. The van der Waals surface area contributed by atoms with Crippen LogP contribution in [-0.2, 0) is 23.8 Å². The van der Waals surface area contributed by atoms with Gasteiger partial charge in [-0.05, 0) is 45.4 Å². The number of nitrogens with one attached hydrogen (secondary N) is 2. The Hall–Kier alpha value is -3.52. The molecule has 276 valence electrons. The number of morpholine rings is 1. The molecule has 0 saturated carbocycles. The van der Waals surface area contributed by atoms with E-state index in [1.807, 2.05) is 0 Å². The van der Waals surface area contributed by atoms with E-state index < -0.39 is 84.0 Å². The summed E-state index contributed by atoms with van der Waals surface area (Å²) in [6.45, 7) is 8.15. The third kappa shape index (κ3) is 8.33. The highest BCUT2D eigenvalue weighted by Crippen LogP contribution is 2.38. The molecule has 3 aliphatic rings. The normalized spacial score (nSPS) is 28.7. The zero-order chi connectivity index (χ0) is 36.4. The minimum absolute atomic E-state index is 0.135. The monoisotopic (exact) mass is 722 g/mol. The molecule has 18 heteroatoms. The molecule has 2 aromatic rings. The fourth-order valence-corrected chi connectivity index (χ4v) is 7.39. The van der Waals surface area contributed by atoms with E-state index in [1.54, 1.807) is 31.7 Å². The van der Waals surface area contributed by atoms with E-state index in [1.165, 1.54) is 19.1 Å². The summed E-state index contributed by atoms with van der Waals surface area (Å²) in [5, 5.41) is 49.2. The van der Waals surface area contributed by atoms with Crippen LogP contribution in [0.25, 0.3) is 11.0 Å². The van der Waals surface area contributed by atoms with Crippen LogP contribution in [0.1, 0.15) is 57.3 Å². The average Bonchev–Trinajstić information content (AvgIpc) is 3.70. The molecule has 0 aliphatic carbocycles. The average molecular weight is 723 g/mol. The Labute approximate surface area is 293 Å². The van der Waals surface area contributed by atoms with Gasteiger partial charge in [0, 0.05) is 58.1 Å². The van der Waals surface area contributed by atoms with Gasteiger partial charge in [0.25, 0.3) is 5.91 Å². The van der Waals surface area contributed by atoms with Crippen LogP contribution in [0.4, 0.5) is 4.79 Å². The van der Waals surface area contributed by atoms with Crippen molar-refractivity contribution in [3.8, 4) is 0 Å². The second-order valence-corrected chi connectivity index (χ2v) is 14.8. The molecule has 1 aromatic heterocycles. The Balaban J connectivity index is 1.29. The number of aromatic nitrogens is 2. The molecule has 0 unspecified atom stereocenters. The van der Waals surface area contributed by atoms with Crippen molar-refractivity contribution >= 4 is 46.6 Å². The number of rotatable bonds is 10. The molecule has 0 bridgehead atoms. The fraction of sp³-hybridized carbons (Fsp3) is 0.688. The second-order valence-electron chi connectivity index (χ2n) is 14.3. The number of carbonyl (C=O) groups is 4. The van der Waals surface area contributed by atoms with Gasteiger partial charge in [-0.25, -0.2) is 9.59 Å². The molecule has 4 heterocycles. The largest absolute Gasteiger partial charge is 0.479 e. The maximum Gasteiger partial charge on any atom is 0.410 e. The van der Waals surface area contributed by atoms with E-state index >= 15 is 0 Å². The molecule has 50 heavy (non-hydrogen) atoms. The molecule has 5 rings (SSSR count). The number of carbonyl (C=O) groups excluding carboxylic acids is 3. The van der Waals surface area contributed by atoms with E-state index in [9.17, 15) is 39.6 Å². The number of nitrogens with zero attached hydrogens (tertiary/aromatic N) is 4. The quantitative estimate of drug-likeness (QED) is 0.185. The van der Waals surface area contributed by atoms with Gasteiger partial charge >= 0.3 is 12.1 Å². The summed E-state index contributed by atoms with van der Waals surface area (Å²) in [6, 6.07) is 3.43. The first-order chi connectivity index (χ1) is 23.5. The number of hydrogen-bond donors (Lipinski definition) is 6. The van der Waals surface area contributed by atoms with Gasteiger partial charge in [-0.1, -0.05) is 0 Å². The van der Waals surface area contributed by atoms with Crippen molar-refractivity contribution in [1.29, 1.82) is 0 Å². The van der Waals surface area contributed by atoms with Gasteiger partial charge in [0.05, 0.1) is 48.7 Å². The number of aliphatic carboxylic acids is 1. The molecule has 3 aliphatic heterocycles. The van der Waals surface area contributed by atoms with Gasteiger partial charge in [0.15, 0.2) is 5.60 Å². The lowest BCUT2D eigenvalue weighted by Crippen LogP contribution is -2.68. The lowest BCUT2D eigenvalue weighted by atomic mass is 9.81. The third-order valence-corrected chi connectivity index (χ3v) is 10.0. The van der Waals surface area contributed by atoms with Crippen LogP contribution in [0.3, 0.4) is 0 Å². The topological polar surface area (TPSA) is 233 Å². The Morgan fingerprint density at radius 1 is 1.16 bits per heavy atom. The number of amides is 3. The Morgan fingerprint density at radius 2 is 1.90 bits per heavy atom. The van der Waals surface area contributed by atoms with Crippen LogP contribution in [0.2, 0.25) is 0 Å². The summed E-state index contributed by atoms with van der Waals surface area (Å²) in [5.74, 6) is -2.53. The second kappa shape index (κ2) is 15.0. The van der Waals surface area contributed by atoms with Crippen molar-refractivity contribution in [2.45, 2.75) is 94.2 Å². The summed E-state index contributed by atoms with van der Waals surface area (Å²) < 4.78 is 25.7. The summed E-state index contributed by atoms with van der Waals surface area (Å²) >= 11 is 0.998. The first kappa shape index (κ1) is 37.7. The number of carboxylic acid groups (broad SMARTS) is 1. The van der Waals surface area contributed by atoms with E-state index in [0.29, 0.717) is 50.3 Å². The maximum absolute atomic E-state index is 12.9. The minimum Gasteiger partial charge on any atom is -0.479 e. The fourth-order valence-electron chi connectivity index (χ4n) is 6.87. The summed E-state index contributed by atoms with van der Waals surface area (Å²) in [6.07, 6.45) is -7.00. The Kier molecular flexibility index (Phi) is 11.3. The number of likely N-dealkylation sites (tertiary alicyclic amines) is 1. The number of benzene rings is 1. The van der Waals surface area contributed by atoms with Crippen LogP contribution >= 0.6 is 11.7 Å². The molecule has 17 nitrogen and oxygen atoms in total. The number of ether oxygens (including phenoxy) is 3. The van der Waals surface area contributed by atoms with Crippen molar-refractivity contribution in [2.75, 3.05) is 45.9 Å². The van der Waals surface area contributed by atoms with Crippen LogP contribution in [0.15, 0.2) is 18.2 Å². The number of aliphatic hydroxyl groups is 3. The van der Waals surface area contributed by atoms with Gasteiger partial charge < -0.3 is 50.2 Å². The van der Waals surface area contributed by atoms with Crippen LogP contribution in [0.5, 0.6) is 0 Å². The van der Waals surface area contributed by atoms with Crippen molar-refractivity contribution in [1.82, 2.24) is 29.2 Å². The zero-order valence-corrected chi connectivity index (χ0v) is 29.4. The van der Waals surface area contributed by atoms with Crippen LogP contribution in [-0.4, -0.2) is 156 Å². The zero-order valence-electron chi connectivity index (χ0n) is 28.5. The predicted molar refractivity (Wildman–Crippen MR) is 177 cm³/mol. The van der Waals surface area contributed by atoms with Gasteiger partial charge in [-0.2, -0.15) is 8.75 Å². The van der Waals surface area contributed by atoms with Crippen molar-refractivity contribution in [3.63, 3.8) is 0 Å². The first-order valence-corrected chi connectivity index (χ1v) is 17.3. The SMILES string of the molecule is CC(=O)N[C@H]1[C@H]([C@H](O)[C@H](O)CNC(=O)c2ccc3nsnc3c2)O[C@@](CCN2CCOC[C@@]23CCN(C(=O)OC(C)(C)C)C3)(C(=O)O)C[C@@H]1O. The molecule has 3 fully saturated rings. The smallest absolute Gasteiger partial charge is 0.410 e. The molecular formula is C32H46N6O11S. The van der Waals surface area contributed by atoms with Crippen molar-refractivity contribution in [3.05, 3.63) is 23.8 Å². The highest BCUT2D eigenvalue weighted by molar-refractivity contribution is 7.00. The summed E-state index contributed by atoms with van der Waals surface area (Å²) in [4.78, 5) is 54.4. The van der Waals surface area contributed by atoms with Gasteiger partial charge in [0.1, 0.15) is 28.8 Å². The number of carboxylic acids is 1. The van der Waals surface area contributed by atoms with E-state index in [2.05, 4.69) is 24.3 Å². The Morgan fingerprint density at radius 3 is 2.60 bits per heavy atom. The molecule has 3 saturated heterocycles. The standard InChI is InChI=1S/C32H46N6O11S/c1-18(39)34-24-22(40)14-32(28(44)45,8-10-38-11-12-47-17-31(38)7-9-37(16-31)29(46)49-30(2,3)4)48-26(24)25(42)23(41)15-33-27(43)19-5-6-20-21(13-19)36-50-35-20/h5-6,13,22-26,40-42H,7-12,14-17H2,1-4H3,(H,33,43)(H,34,39)(H,44,45)/t22-,23+,24+,25+,26+,31-,32+/m0/s1. The minimum atomic E-state index is -2.02. The Bertz CT molecular complexity index is 1570. The summed E-state index contributed by atoms with van der Waals surface area (Å²) in [5.41, 5.74) is -1.91. The number of aliphatic hydroxyl groups excluding tert-OH is 3. The third-order valence-electron chi connectivity index (χ3n) is 9.46. The highest BCUT2D eigenvalue weighted by Gasteiger charge is 2.55. The molecular weight excluding hydrogens is 676 g/mol.